The van der Waals surface area contributed by atoms with Gasteiger partial charge in [0.05, 0.1) is 5.75 Å². The number of nitrogen functional groups attached to an aromatic ring is 1. The molecule has 3 N–H and O–H groups in total. The van der Waals surface area contributed by atoms with Crippen molar-refractivity contribution in [3.8, 4) is 0 Å². The van der Waals surface area contributed by atoms with Crippen LogP contribution in [0, 0.1) is 5.92 Å². The van der Waals surface area contributed by atoms with Gasteiger partial charge in [-0.25, -0.2) is 13.2 Å². The fourth-order valence-electron chi connectivity index (χ4n) is 4.08. The molecular formula is C22H29F3N6O4S2. The van der Waals surface area contributed by atoms with Crippen LogP contribution in [0.15, 0.2) is 30.3 Å². The maximum atomic E-state index is 11.6. The molecule has 10 nitrogen and oxygen atoms in total. The number of rotatable bonds is 5. The lowest BCUT2D eigenvalue weighted by Crippen LogP contribution is -2.39. The number of thioether (sulfide) groups is 1. The normalized spacial score (nSPS) is 19.2. The highest BCUT2D eigenvalue weighted by Crippen LogP contribution is 2.34. The molecule has 0 radical (unpaired) electrons. The van der Waals surface area contributed by atoms with Gasteiger partial charge in [-0.2, -0.15) is 39.9 Å². The van der Waals surface area contributed by atoms with E-state index in [4.69, 9.17) is 20.6 Å². The van der Waals surface area contributed by atoms with E-state index in [0.29, 0.717) is 17.1 Å². The van der Waals surface area contributed by atoms with Crippen molar-refractivity contribution in [2.75, 3.05) is 59.5 Å². The van der Waals surface area contributed by atoms with Crippen molar-refractivity contribution in [2.45, 2.75) is 24.3 Å². The third kappa shape index (κ3) is 8.91. The van der Waals surface area contributed by atoms with Gasteiger partial charge in [-0.1, -0.05) is 30.3 Å². The molecule has 2 saturated heterocycles. The van der Waals surface area contributed by atoms with Crippen LogP contribution in [-0.4, -0.2) is 84.6 Å². The zero-order chi connectivity index (χ0) is 27.2. The molecule has 1 aromatic carbocycles. The van der Waals surface area contributed by atoms with E-state index in [1.807, 2.05) is 17.8 Å². The summed E-state index contributed by atoms with van der Waals surface area (Å²) >= 11 is 1.95. The van der Waals surface area contributed by atoms with Crippen LogP contribution in [0.5, 0.6) is 0 Å². The van der Waals surface area contributed by atoms with Crippen molar-refractivity contribution in [3.63, 3.8) is 0 Å². The lowest BCUT2D eigenvalue weighted by atomic mass is 9.99. The summed E-state index contributed by atoms with van der Waals surface area (Å²) in [5.41, 5.74) is 7.34. The summed E-state index contributed by atoms with van der Waals surface area (Å²) in [6.45, 7) is 3.15. The Kier molecular flexibility index (Phi) is 9.45. The number of benzene rings is 1. The van der Waals surface area contributed by atoms with E-state index in [0.717, 1.165) is 44.8 Å². The van der Waals surface area contributed by atoms with Crippen molar-refractivity contribution < 1.29 is 31.5 Å². The highest BCUT2D eigenvalue weighted by Gasteiger charge is 2.38. The number of halogens is 3. The molecule has 3 heterocycles. The minimum atomic E-state index is -5.08. The number of hydrogen-bond donors (Lipinski definition) is 2. The van der Waals surface area contributed by atoms with Gasteiger partial charge in [-0.05, 0) is 24.3 Å². The Morgan fingerprint density at radius 1 is 1.08 bits per heavy atom. The smallest absolute Gasteiger partial charge is 0.475 e. The third-order valence-electron chi connectivity index (χ3n) is 5.83. The number of carboxylic acid groups (broad SMARTS) is 1. The Hall–Kier alpha value is -2.81. The summed E-state index contributed by atoms with van der Waals surface area (Å²) in [7, 11) is -2.95. The number of piperidine rings is 1. The van der Waals surface area contributed by atoms with Gasteiger partial charge >= 0.3 is 12.1 Å². The van der Waals surface area contributed by atoms with Crippen LogP contribution >= 0.6 is 11.8 Å². The summed E-state index contributed by atoms with van der Waals surface area (Å²) in [4.78, 5) is 26.7. The van der Waals surface area contributed by atoms with E-state index in [-0.39, 0.29) is 17.6 Å². The zero-order valence-corrected chi connectivity index (χ0v) is 21.8. The molecule has 2 aliphatic rings. The van der Waals surface area contributed by atoms with Crippen LogP contribution in [0.4, 0.5) is 31.0 Å². The molecule has 1 atom stereocenters. The molecule has 15 heteroatoms. The SMILES string of the molecule is CS(=O)(=O)CC1CCN(c2nc(N)nc(N3CCSC(c4ccccc4)C3)n2)CC1.O=C(O)C(F)(F)F. The van der Waals surface area contributed by atoms with Gasteiger partial charge in [0.25, 0.3) is 0 Å². The summed E-state index contributed by atoms with van der Waals surface area (Å²) in [5.74, 6) is 0.118. The standard InChI is InChI=1S/C20H28N6O2S2.C2HF3O2/c1-30(27,28)14-15-7-9-25(10-8-15)19-22-18(21)23-20(24-19)26-11-12-29-17(13-26)16-5-3-2-4-6-16;3-2(4,5)1(6)7/h2-6,15,17H,7-14H2,1H3,(H2,21,22,23,24);(H,6,7). The molecule has 1 unspecified atom stereocenters. The third-order valence-corrected chi connectivity index (χ3v) is 8.15. The lowest BCUT2D eigenvalue weighted by molar-refractivity contribution is -0.192. The van der Waals surface area contributed by atoms with E-state index in [2.05, 4.69) is 44.0 Å². The van der Waals surface area contributed by atoms with Gasteiger partial charge in [0.1, 0.15) is 9.84 Å². The zero-order valence-electron chi connectivity index (χ0n) is 20.1. The number of nitrogens with zero attached hydrogens (tertiary/aromatic N) is 5. The summed E-state index contributed by atoms with van der Waals surface area (Å²) in [6, 6.07) is 10.5. The van der Waals surface area contributed by atoms with Crippen LogP contribution in [0.1, 0.15) is 23.7 Å². The molecule has 0 aliphatic carbocycles. The van der Waals surface area contributed by atoms with Gasteiger partial charge < -0.3 is 20.6 Å². The van der Waals surface area contributed by atoms with Gasteiger partial charge in [0.15, 0.2) is 0 Å². The second-order valence-corrected chi connectivity index (χ2v) is 12.3. The van der Waals surface area contributed by atoms with Crippen LogP contribution < -0.4 is 15.5 Å². The summed E-state index contributed by atoms with van der Waals surface area (Å²) in [5, 5.41) is 7.49. The fourth-order valence-corrected chi connectivity index (χ4v) is 6.52. The number of aromatic nitrogens is 3. The van der Waals surface area contributed by atoms with E-state index in [9.17, 15) is 21.6 Å². The molecule has 1 aromatic heterocycles. The Morgan fingerprint density at radius 2 is 1.65 bits per heavy atom. The Balaban J connectivity index is 0.000000479. The van der Waals surface area contributed by atoms with Crippen molar-refractivity contribution in [1.82, 2.24) is 15.0 Å². The molecule has 4 rings (SSSR count). The van der Waals surface area contributed by atoms with Crippen LogP contribution in [-0.2, 0) is 14.6 Å². The number of nitrogens with two attached hydrogens (primary N) is 1. The Bertz CT molecular complexity index is 1160. The first-order valence-electron chi connectivity index (χ1n) is 11.5. The van der Waals surface area contributed by atoms with Gasteiger partial charge in [0.2, 0.25) is 17.8 Å². The molecule has 0 amide bonds. The first-order valence-corrected chi connectivity index (χ1v) is 14.6. The monoisotopic (exact) mass is 562 g/mol. The number of carbonyl (C=O) groups is 1. The van der Waals surface area contributed by atoms with E-state index < -0.39 is 22.0 Å². The van der Waals surface area contributed by atoms with Crippen molar-refractivity contribution in [1.29, 1.82) is 0 Å². The predicted octanol–water partition coefficient (Wildman–Crippen LogP) is 2.64. The average Bonchev–Trinajstić information content (AvgIpc) is 2.83. The fraction of sp³-hybridized carbons (Fsp3) is 0.545. The first kappa shape index (κ1) is 28.8. The topological polar surface area (TPSA) is 143 Å². The minimum Gasteiger partial charge on any atom is -0.475 e. The Morgan fingerprint density at radius 3 is 2.19 bits per heavy atom. The maximum Gasteiger partial charge on any atom is 0.490 e. The van der Waals surface area contributed by atoms with E-state index >= 15 is 0 Å². The average molecular weight is 563 g/mol. The summed E-state index contributed by atoms with van der Waals surface area (Å²) < 4.78 is 54.9. The number of sulfone groups is 1. The van der Waals surface area contributed by atoms with Crippen LogP contribution in [0.2, 0.25) is 0 Å². The van der Waals surface area contributed by atoms with Gasteiger partial charge in [0, 0.05) is 43.4 Å². The van der Waals surface area contributed by atoms with Crippen LogP contribution in [0.3, 0.4) is 0 Å². The van der Waals surface area contributed by atoms with Crippen molar-refractivity contribution in [2.24, 2.45) is 5.92 Å². The maximum absolute atomic E-state index is 11.6. The molecular weight excluding hydrogens is 533 g/mol. The molecule has 2 aliphatic heterocycles. The highest BCUT2D eigenvalue weighted by molar-refractivity contribution is 7.99. The molecule has 37 heavy (non-hydrogen) atoms. The van der Waals surface area contributed by atoms with Gasteiger partial charge in [-0.3, -0.25) is 0 Å². The highest BCUT2D eigenvalue weighted by atomic mass is 32.2. The first-order chi connectivity index (χ1) is 17.3. The number of hydrogen-bond acceptors (Lipinski definition) is 10. The molecule has 2 aromatic rings. The van der Waals surface area contributed by atoms with Crippen molar-refractivity contribution >= 4 is 45.4 Å². The minimum absolute atomic E-state index is 0.195. The largest absolute Gasteiger partial charge is 0.490 e. The summed E-state index contributed by atoms with van der Waals surface area (Å²) in [6.07, 6.45) is -2.16. The molecule has 0 bridgehead atoms. The molecule has 0 saturated carbocycles. The van der Waals surface area contributed by atoms with Gasteiger partial charge in [-0.15, -0.1) is 0 Å². The molecule has 204 valence electrons. The number of carboxylic acids is 1. The van der Waals surface area contributed by atoms with Crippen molar-refractivity contribution in [3.05, 3.63) is 35.9 Å². The number of anilines is 3. The lowest BCUT2D eigenvalue weighted by Gasteiger charge is -2.34. The molecule has 2 fully saturated rings. The quantitative estimate of drug-likeness (QED) is 0.555. The second-order valence-electron chi connectivity index (χ2n) is 8.84. The number of aliphatic carboxylic acids is 1. The Labute approximate surface area is 217 Å². The van der Waals surface area contributed by atoms with E-state index in [1.165, 1.54) is 11.8 Å². The second kappa shape index (κ2) is 12.2. The number of alkyl halides is 3. The molecule has 0 spiro atoms. The van der Waals surface area contributed by atoms with Crippen LogP contribution in [0.25, 0.3) is 0 Å². The predicted molar refractivity (Wildman–Crippen MR) is 136 cm³/mol. The van der Waals surface area contributed by atoms with E-state index in [1.54, 1.807) is 0 Å².